The van der Waals surface area contributed by atoms with Gasteiger partial charge in [0.25, 0.3) is 0 Å². The molecule has 0 aliphatic carbocycles. The van der Waals surface area contributed by atoms with Crippen LogP contribution < -0.4 is 0 Å². The number of carbonyl (C=O) groups is 1. The minimum atomic E-state index is -0.646. The van der Waals surface area contributed by atoms with Crippen molar-refractivity contribution in [3.63, 3.8) is 0 Å². The standard InChI is InChI=1S/C13H13Br2ClO2/c1-7-13(2,18-7)12(17)11(15)10(14)8-3-5-9(16)6-4-8/h3-7,10-11H,1-2H3/t7-,10+,11+,13+/m0/s1. The van der Waals surface area contributed by atoms with Crippen molar-refractivity contribution >= 4 is 49.2 Å². The molecule has 98 valence electrons. The fourth-order valence-corrected chi connectivity index (χ4v) is 3.24. The van der Waals surface area contributed by atoms with Crippen LogP contribution in [0.15, 0.2) is 24.3 Å². The zero-order valence-corrected chi connectivity index (χ0v) is 13.9. The Morgan fingerprint density at radius 1 is 1.39 bits per heavy atom. The van der Waals surface area contributed by atoms with Crippen LogP contribution in [0.2, 0.25) is 5.02 Å². The van der Waals surface area contributed by atoms with E-state index >= 15 is 0 Å². The first-order valence-electron chi connectivity index (χ1n) is 5.62. The highest BCUT2D eigenvalue weighted by molar-refractivity contribution is 9.12. The molecule has 1 fully saturated rings. The Morgan fingerprint density at radius 2 is 1.89 bits per heavy atom. The van der Waals surface area contributed by atoms with Gasteiger partial charge in [-0.25, -0.2) is 0 Å². The second-order valence-electron chi connectivity index (χ2n) is 4.59. The molecule has 0 radical (unpaired) electrons. The van der Waals surface area contributed by atoms with Gasteiger partial charge in [-0.3, -0.25) is 4.79 Å². The van der Waals surface area contributed by atoms with Crippen LogP contribution in [0.4, 0.5) is 0 Å². The fourth-order valence-electron chi connectivity index (χ4n) is 1.81. The highest BCUT2D eigenvalue weighted by Crippen LogP contribution is 2.42. The van der Waals surface area contributed by atoms with Gasteiger partial charge in [0.05, 0.1) is 15.8 Å². The lowest BCUT2D eigenvalue weighted by Crippen LogP contribution is -2.33. The molecule has 1 aromatic rings. The summed E-state index contributed by atoms with van der Waals surface area (Å²) in [4.78, 5) is 11.9. The van der Waals surface area contributed by atoms with Crippen molar-refractivity contribution in [3.8, 4) is 0 Å². The van der Waals surface area contributed by atoms with Crippen molar-refractivity contribution in [1.82, 2.24) is 0 Å². The summed E-state index contributed by atoms with van der Waals surface area (Å²) >= 11 is 12.9. The molecular weight excluding hydrogens is 383 g/mol. The number of ketones is 1. The summed E-state index contributed by atoms with van der Waals surface area (Å²) < 4.78 is 5.37. The zero-order valence-electron chi connectivity index (χ0n) is 9.99. The van der Waals surface area contributed by atoms with Gasteiger partial charge in [-0.05, 0) is 31.5 Å². The molecule has 1 aliphatic heterocycles. The molecule has 0 aromatic heterocycles. The Bertz CT molecular complexity index is 463. The van der Waals surface area contributed by atoms with Crippen LogP contribution in [-0.4, -0.2) is 22.3 Å². The maximum absolute atomic E-state index is 12.3. The normalized spacial score (nSPS) is 29.7. The number of hydrogen-bond acceptors (Lipinski definition) is 2. The molecule has 2 rings (SSSR count). The third kappa shape index (κ3) is 2.67. The first-order valence-corrected chi connectivity index (χ1v) is 7.83. The number of ether oxygens (including phenoxy) is 1. The van der Waals surface area contributed by atoms with E-state index in [1.165, 1.54) is 0 Å². The Hall–Kier alpha value is 0.1000. The lowest BCUT2D eigenvalue weighted by Gasteiger charge is -2.18. The van der Waals surface area contributed by atoms with E-state index in [4.69, 9.17) is 16.3 Å². The molecule has 1 saturated heterocycles. The van der Waals surface area contributed by atoms with E-state index in [0.29, 0.717) is 5.02 Å². The van der Waals surface area contributed by atoms with Gasteiger partial charge in [0, 0.05) is 5.02 Å². The average molecular weight is 397 g/mol. The molecule has 1 aromatic carbocycles. The van der Waals surface area contributed by atoms with Crippen LogP contribution in [0.3, 0.4) is 0 Å². The number of rotatable bonds is 4. The minimum Gasteiger partial charge on any atom is -0.358 e. The third-order valence-corrected chi connectivity index (χ3v) is 6.29. The second kappa shape index (κ2) is 5.23. The second-order valence-corrected chi connectivity index (χ2v) is 7.00. The van der Waals surface area contributed by atoms with Crippen LogP contribution in [0.25, 0.3) is 0 Å². The molecule has 0 bridgehead atoms. The Kier molecular flexibility index (Phi) is 4.22. The highest BCUT2D eigenvalue weighted by atomic mass is 79.9. The summed E-state index contributed by atoms with van der Waals surface area (Å²) in [5, 5.41) is 0.682. The first kappa shape index (κ1) is 14.5. The lowest BCUT2D eigenvalue weighted by molar-refractivity contribution is -0.122. The number of halogens is 3. The number of alkyl halides is 2. The molecule has 0 saturated carbocycles. The Labute approximate surface area is 128 Å². The van der Waals surface area contributed by atoms with Gasteiger partial charge in [-0.2, -0.15) is 0 Å². The van der Waals surface area contributed by atoms with Gasteiger partial charge in [-0.1, -0.05) is 55.6 Å². The number of carbonyl (C=O) groups excluding carboxylic acids is 1. The Balaban J connectivity index is 2.11. The summed E-state index contributed by atoms with van der Waals surface area (Å²) in [6.45, 7) is 3.74. The predicted molar refractivity (Wildman–Crippen MR) is 79.8 cm³/mol. The topological polar surface area (TPSA) is 29.6 Å². The van der Waals surface area contributed by atoms with Crippen molar-refractivity contribution in [2.45, 2.75) is 35.2 Å². The third-order valence-electron chi connectivity index (χ3n) is 3.33. The molecule has 18 heavy (non-hydrogen) atoms. The van der Waals surface area contributed by atoms with Gasteiger partial charge in [0.1, 0.15) is 0 Å². The minimum absolute atomic E-state index is 0.00466. The summed E-state index contributed by atoms with van der Waals surface area (Å²) in [5.41, 5.74) is 0.360. The number of Topliss-reactive ketones (excluding diaryl/α,β-unsaturated/α-hetero) is 1. The summed E-state index contributed by atoms with van der Waals surface area (Å²) in [5.74, 6) is 0.0619. The van der Waals surface area contributed by atoms with E-state index in [2.05, 4.69) is 31.9 Å². The van der Waals surface area contributed by atoms with Gasteiger partial charge >= 0.3 is 0 Å². The summed E-state index contributed by atoms with van der Waals surface area (Å²) in [7, 11) is 0. The van der Waals surface area contributed by atoms with E-state index < -0.39 is 5.60 Å². The maximum Gasteiger partial charge on any atom is 0.182 e. The van der Waals surface area contributed by atoms with Crippen LogP contribution in [0.1, 0.15) is 24.2 Å². The van der Waals surface area contributed by atoms with Gasteiger partial charge in [0.15, 0.2) is 11.4 Å². The van der Waals surface area contributed by atoms with Crippen molar-refractivity contribution in [2.24, 2.45) is 0 Å². The smallest absolute Gasteiger partial charge is 0.182 e. The van der Waals surface area contributed by atoms with Crippen LogP contribution >= 0.6 is 43.5 Å². The SMILES string of the molecule is C[C@@H]1O[C@@]1(C)C(=O)[C@H](Br)[C@H](Br)c1ccc(Cl)cc1. The van der Waals surface area contributed by atoms with Crippen molar-refractivity contribution in [3.05, 3.63) is 34.9 Å². The van der Waals surface area contributed by atoms with Crippen LogP contribution in [0.5, 0.6) is 0 Å². The van der Waals surface area contributed by atoms with Crippen molar-refractivity contribution in [1.29, 1.82) is 0 Å². The monoisotopic (exact) mass is 394 g/mol. The van der Waals surface area contributed by atoms with Gasteiger partial charge in [0.2, 0.25) is 0 Å². The fraction of sp³-hybridized carbons (Fsp3) is 0.462. The Morgan fingerprint density at radius 3 is 2.33 bits per heavy atom. The number of epoxide rings is 1. The summed E-state index contributed by atoms with van der Waals surface area (Å²) in [6.07, 6.45) is -0.00466. The van der Waals surface area contributed by atoms with E-state index in [-0.39, 0.29) is 21.5 Å². The molecule has 1 heterocycles. The molecule has 4 atom stereocenters. The maximum atomic E-state index is 12.3. The number of benzene rings is 1. The largest absolute Gasteiger partial charge is 0.358 e. The van der Waals surface area contributed by atoms with E-state index in [1.54, 1.807) is 0 Å². The van der Waals surface area contributed by atoms with E-state index in [9.17, 15) is 4.79 Å². The molecule has 0 unspecified atom stereocenters. The molecule has 5 heteroatoms. The van der Waals surface area contributed by atoms with Crippen LogP contribution in [-0.2, 0) is 9.53 Å². The lowest BCUT2D eigenvalue weighted by atomic mass is 9.97. The quantitative estimate of drug-likeness (QED) is 0.561. The van der Waals surface area contributed by atoms with E-state index in [1.807, 2.05) is 38.1 Å². The average Bonchev–Trinajstić information content (AvgIpc) is 2.97. The molecule has 1 aliphatic rings. The van der Waals surface area contributed by atoms with E-state index in [0.717, 1.165) is 5.56 Å². The summed E-state index contributed by atoms with van der Waals surface area (Å²) in [6, 6.07) is 7.44. The van der Waals surface area contributed by atoms with Gasteiger partial charge in [-0.15, -0.1) is 0 Å². The molecule has 0 N–H and O–H groups in total. The number of hydrogen-bond donors (Lipinski definition) is 0. The molecule has 0 spiro atoms. The molecular formula is C13H13Br2ClO2. The van der Waals surface area contributed by atoms with Crippen molar-refractivity contribution in [2.75, 3.05) is 0 Å². The van der Waals surface area contributed by atoms with Crippen molar-refractivity contribution < 1.29 is 9.53 Å². The van der Waals surface area contributed by atoms with Gasteiger partial charge < -0.3 is 4.74 Å². The van der Waals surface area contributed by atoms with Crippen LogP contribution in [0, 0.1) is 0 Å². The molecule has 0 amide bonds. The molecule has 2 nitrogen and oxygen atoms in total. The first-order chi connectivity index (χ1) is 8.36. The zero-order chi connectivity index (χ0) is 13.5. The predicted octanol–water partition coefficient (Wildman–Crippen LogP) is 4.29. The highest BCUT2D eigenvalue weighted by Gasteiger charge is 2.57.